The van der Waals surface area contributed by atoms with Gasteiger partial charge in [-0.2, -0.15) is 5.10 Å². The van der Waals surface area contributed by atoms with Gasteiger partial charge >= 0.3 is 0 Å². The zero-order valence-corrected chi connectivity index (χ0v) is 14.8. The van der Waals surface area contributed by atoms with Gasteiger partial charge in [-0.25, -0.2) is 8.78 Å². The largest absolute Gasteiger partial charge is 0.383 e. The SMILES string of the molecule is CCn1cc(C(=O)N2CCC(N3CC(F)(F)C[C@H]3COC)CC2)cn1. The van der Waals surface area contributed by atoms with Gasteiger partial charge < -0.3 is 9.64 Å². The fourth-order valence-corrected chi connectivity index (χ4v) is 3.93. The van der Waals surface area contributed by atoms with Crippen molar-refractivity contribution in [3.8, 4) is 0 Å². The molecule has 1 atom stereocenters. The Bertz CT molecular complexity index is 599. The quantitative estimate of drug-likeness (QED) is 0.808. The lowest BCUT2D eigenvalue weighted by Gasteiger charge is -2.38. The molecule has 6 nitrogen and oxygen atoms in total. The highest BCUT2D eigenvalue weighted by atomic mass is 19.3. The first-order valence-electron chi connectivity index (χ1n) is 8.87. The fraction of sp³-hybridized carbons (Fsp3) is 0.765. The molecule has 0 N–H and O–H groups in total. The molecular weight excluding hydrogens is 330 g/mol. The Morgan fingerprint density at radius 2 is 2.12 bits per heavy atom. The Labute approximate surface area is 146 Å². The molecule has 1 aromatic rings. The van der Waals surface area contributed by atoms with Crippen molar-refractivity contribution in [3.05, 3.63) is 18.0 Å². The summed E-state index contributed by atoms with van der Waals surface area (Å²) in [6, 6.07) is -0.161. The number of rotatable bonds is 5. The van der Waals surface area contributed by atoms with E-state index in [1.54, 1.807) is 29.1 Å². The normalized spacial score (nSPS) is 24.8. The molecular formula is C17H26F2N4O2. The molecule has 25 heavy (non-hydrogen) atoms. The number of carbonyl (C=O) groups excluding carboxylic acids is 1. The number of ether oxygens (including phenoxy) is 1. The summed E-state index contributed by atoms with van der Waals surface area (Å²) in [5.74, 6) is -2.68. The zero-order chi connectivity index (χ0) is 18.0. The zero-order valence-electron chi connectivity index (χ0n) is 14.8. The molecule has 0 unspecified atom stereocenters. The summed E-state index contributed by atoms with van der Waals surface area (Å²) in [4.78, 5) is 16.2. The van der Waals surface area contributed by atoms with Crippen molar-refractivity contribution in [2.75, 3.05) is 33.4 Å². The monoisotopic (exact) mass is 356 g/mol. The van der Waals surface area contributed by atoms with Crippen LogP contribution in [0.15, 0.2) is 12.4 Å². The molecule has 1 aromatic heterocycles. The van der Waals surface area contributed by atoms with E-state index >= 15 is 0 Å². The molecule has 3 rings (SSSR count). The number of aryl methyl sites for hydroxylation is 1. The van der Waals surface area contributed by atoms with Gasteiger partial charge in [0.25, 0.3) is 11.8 Å². The summed E-state index contributed by atoms with van der Waals surface area (Å²) in [5, 5.41) is 4.14. The van der Waals surface area contributed by atoms with Crippen LogP contribution in [0.3, 0.4) is 0 Å². The highest BCUT2D eigenvalue weighted by molar-refractivity contribution is 5.93. The van der Waals surface area contributed by atoms with E-state index in [1.807, 2.05) is 11.8 Å². The molecule has 140 valence electrons. The van der Waals surface area contributed by atoms with Crippen LogP contribution in [0, 0.1) is 0 Å². The lowest BCUT2D eigenvalue weighted by molar-refractivity contribution is 0.00285. The van der Waals surface area contributed by atoms with Crippen molar-refractivity contribution in [2.24, 2.45) is 0 Å². The van der Waals surface area contributed by atoms with Crippen LogP contribution in [0.25, 0.3) is 0 Å². The number of nitrogens with zero attached hydrogens (tertiary/aromatic N) is 4. The molecule has 0 aromatic carbocycles. The van der Waals surface area contributed by atoms with Gasteiger partial charge in [-0.05, 0) is 19.8 Å². The second-order valence-corrected chi connectivity index (χ2v) is 6.95. The van der Waals surface area contributed by atoms with Gasteiger partial charge in [0, 0.05) is 51.4 Å². The lowest BCUT2D eigenvalue weighted by atomic mass is 10.0. The van der Waals surface area contributed by atoms with E-state index in [4.69, 9.17) is 4.74 Å². The summed E-state index contributed by atoms with van der Waals surface area (Å²) < 4.78 is 34.5. The summed E-state index contributed by atoms with van der Waals surface area (Å²) in [6.45, 7) is 3.98. The number of hydrogen-bond donors (Lipinski definition) is 0. The van der Waals surface area contributed by atoms with Crippen LogP contribution in [-0.4, -0.2) is 76.8 Å². The first-order valence-corrected chi connectivity index (χ1v) is 8.87. The van der Waals surface area contributed by atoms with Gasteiger partial charge in [0.2, 0.25) is 0 Å². The summed E-state index contributed by atoms with van der Waals surface area (Å²) >= 11 is 0. The Kier molecular flexibility index (Phi) is 5.38. The maximum absolute atomic E-state index is 13.8. The highest BCUT2D eigenvalue weighted by Crippen LogP contribution is 2.35. The van der Waals surface area contributed by atoms with E-state index in [9.17, 15) is 13.6 Å². The Morgan fingerprint density at radius 1 is 1.40 bits per heavy atom. The molecule has 8 heteroatoms. The number of halogens is 2. The fourth-order valence-electron chi connectivity index (χ4n) is 3.93. The Balaban J connectivity index is 1.58. The Hall–Kier alpha value is -1.54. The molecule has 0 spiro atoms. The van der Waals surface area contributed by atoms with Crippen LogP contribution in [0.1, 0.15) is 36.5 Å². The standard InChI is InChI=1S/C17H26F2N4O2/c1-3-22-10-13(9-20-22)16(24)21-6-4-14(5-7-21)23-12-17(18,19)8-15(23)11-25-2/h9-10,14-15H,3-8,11-12H2,1-2H3/t15-/m0/s1. The minimum absolute atomic E-state index is 0.0293. The number of carbonyl (C=O) groups is 1. The highest BCUT2D eigenvalue weighted by Gasteiger charge is 2.47. The average molecular weight is 356 g/mol. The molecule has 3 heterocycles. The summed E-state index contributed by atoms with van der Waals surface area (Å²) in [7, 11) is 1.55. The molecule has 2 aliphatic rings. The van der Waals surface area contributed by atoms with Crippen LogP contribution in [0.5, 0.6) is 0 Å². The molecule has 0 saturated carbocycles. The van der Waals surface area contributed by atoms with E-state index in [0.29, 0.717) is 38.1 Å². The molecule has 1 amide bonds. The number of hydrogen-bond acceptors (Lipinski definition) is 4. The number of piperidine rings is 1. The first-order chi connectivity index (χ1) is 11.9. The van der Waals surface area contributed by atoms with Gasteiger partial charge in [-0.3, -0.25) is 14.4 Å². The minimum Gasteiger partial charge on any atom is -0.383 e. The lowest BCUT2D eigenvalue weighted by Crippen LogP contribution is -2.49. The summed E-state index contributed by atoms with van der Waals surface area (Å²) in [5.41, 5.74) is 0.588. The van der Waals surface area contributed by atoms with Crippen LogP contribution in [0.4, 0.5) is 8.78 Å². The average Bonchev–Trinajstić information content (AvgIpc) is 3.19. The predicted molar refractivity (Wildman–Crippen MR) is 88.8 cm³/mol. The van der Waals surface area contributed by atoms with Crippen molar-refractivity contribution < 1.29 is 18.3 Å². The smallest absolute Gasteiger partial charge is 0.262 e. The van der Waals surface area contributed by atoms with Gasteiger partial charge in [-0.15, -0.1) is 0 Å². The van der Waals surface area contributed by atoms with Crippen LogP contribution in [-0.2, 0) is 11.3 Å². The van der Waals surface area contributed by atoms with E-state index in [0.717, 1.165) is 6.54 Å². The van der Waals surface area contributed by atoms with Crippen molar-refractivity contribution in [1.82, 2.24) is 19.6 Å². The van der Waals surface area contributed by atoms with E-state index in [1.165, 1.54) is 0 Å². The second-order valence-electron chi connectivity index (χ2n) is 6.95. The third-order valence-corrected chi connectivity index (χ3v) is 5.20. The van der Waals surface area contributed by atoms with Crippen molar-refractivity contribution in [1.29, 1.82) is 0 Å². The van der Waals surface area contributed by atoms with Crippen LogP contribution in [0.2, 0.25) is 0 Å². The molecule has 2 saturated heterocycles. The number of aromatic nitrogens is 2. The van der Waals surface area contributed by atoms with E-state index in [-0.39, 0.29) is 31.0 Å². The first kappa shape index (κ1) is 18.3. The molecule has 0 radical (unpaired) electrons. The maximum atomic E-state index is 13.8. The van der Waals surface area contributed by atoms with Crippen molar-refractivity contribution in [2.45, 2.75) is 50.7 Å². The van der Waals surface area contributed by atoms with Crippen molar-refractivity contribution >= 4 is 5.91 Å². The number of likely N-dealkylation sites (tertiary alicyclic amines) is 2. The second kappa shape index (κ2) is 7.37. The van der Waals surface area contributed by atoms with E-state index in [2.05, 4.69) is 5.10 Å². The molecule has 0 bridgehead atoms. The third kappa shape index (κ3) is 4.00. The van der Waals surface area contributed by atoms with Gasteiger partial charge in [0.05, 0.1) is 24.9 Å². The van der Waals surface area contributed by atoms with Crippen LogP contribution >= 0.6 is 0 Å². The van der Waals surface area contributed by atoms with Gasteiger partial charge in [-0.1, -0.05) is 0 Å². The number of alkyl halides is 2. The molecule has 2 fully saturated rings. The van der Waals surface area contributed by atoms with Gasteiger partial charge in [0.1, 0.15) is 0 Å². The number of amides is 1. The maximum Gasteiger partial charge on any atom is 0.262 e. The van der Waals surface area contributed by atoms with E-state index < -0.39 is 5.92 Å². The minimum atomic E-state index is -2.65. The van der Waals surface area contributed by atoms with Crippen LogP contribution < -0.4 is 0 Å². The number of methoxy groups -OCH3 is 1. The topological polar surface area (TPSA) is 50.6 Å². The van der Waals surface area contributed by atoms with Gasteiger partial charge in [0.15, 0.2) is 0 Å². The predicted octanol–water partition coefficient (Wildman–Crippen LogP) is 1.86. The Morgan fingerprint density at radius 3 is 2.72 bits per heavy atom. The summed E-state index contributed by atoms with van der Waals surface area (Å²) in [6.07, 6.45) is 4.63. The molecule has 0 aliphatic carbocycles. The molecule has 2 aliphatic heterocycles. The van der Waals surface area contributed by atoms with Crippen molar-refractivity contribution in [3.63, 3.8) is 0 Å². The third-order valence-electron chi connectivity index (χ3n) is 5.20.